The van der Waals surface area contributed by atoms with Crippen LogP contribution in [0.3, 0.4) is 0 Å². The minimum absolute atomic E-state index is 0.0206. The zero-order valence-corrected chi connectivity index (χ0v) is 13.3. The minimum atomic E-state index is 0.0206. The minimum Gasteiger partial charge on any atom is -0.355 e. The molecule has 2 N–H and O–H groups in total. The first-order valence-corrected chi connectivity index (χ1v) is 8.38. The normalized spacial score (nSPS) is 19.5. The number of nitrogens with one attached hydrogen (secondary N) is 2. The van der Waals surface area contributed by atoms with Crippen molar-refractivity contribution in [2.24, 2.45) is 0 Å². The highest BCUT2D eigenvalue weighted by Crippen LogP contribution is 2.30. The third-order valence-corrected chi connectivity index (χ3v) is 5.33. The van der Waals surface area contributed by atoms with E-state index in [1.807, 2.05) is 18.6 Å². The van der Waals surface area contributed by atoms with E-state index < -0.39 is 0 Å². The van der Waals surface area contributed by atoms with Crippen LogP contribution in [0.4, 0.5) is 0 Å². The van der Waals surface area contributed by atoms with Gasteiger partial charge < -0.3 is 10.6 Å². The van der Waals surface area contributed by atoms with Crippen LogP contribution in [0.25, 0.3) is 0 Å². The lowest BCUT2D eigenvalue weighted by atomic mass is 9.79. The maximum atomic E-state index is 12.2. The first-order valence-electron chi connectivity index (χ1n) is 7.50. The molecular weight excluding hydrogens is 270 g/mol. The van der Waals surface area contributed by atoms with Crippen LogP contribution in [0.2, 0.25) is 0 Å². The quantitative estimate of drug-likeness (QED) is 0.848. The van der Waals surface area contributed by atoms with Crippen molar-refractivity contribution >= 4 is 17.2 Å². The molecule has 0 radical (unpaired) electrons. The molecule has 1 amide bonds. The summed E-state index contributed by atoms with van der Waals surface area (Å²) in [6, 6.07) is 0. The van der Waals surface area contributed by atoms with Gasteiger partial charge in [0.1, 0.15) is 0 Å². The van der Waals surface area contributed by atoms with Gasteiger partial charge >= 0.3 is 0 Å². The van der Waals surface area contributed by atoms with Crippen molar-refractivity contribution in [2.45, 2.75) is 56.9 Å². The second-order valence-corrected chi connectivity index (χ2v) is 6.77. The molecule has 112 valence electrons. The maximum absolute atomic E-state index is 12.2. The Balaban J connectivity index is 1.79. The molecule has 2 rings (SSSR count). The molecule has 1 aliphatic carbocycles. The van der Waals surface area contributed by atoms with Gasteiger partial charge in [0, 0.05) is 36.0 Å². The second kappa shape index (κ2) is 7.18. The predicted octanol–water partition coefficient (Wildman–Crippen LogP) is 2.68. The van der Waals surface area contributed by atoms with Gasteiger partial charge in [-0.1, -0.05) is 26.2 Å². The molecule has 0 bridgehead atoms. The zero-order chi connectivity index (χ0) is 14.4. The largest absolute Gasteiger partial charge is 0.355 e. The lowest BCUT2D eigenvalue weighted by molar-refractivity contribution is -0.122. The van der Waals surface area contributed by atoms with E-state index in [2.05, 4.69) is 22.5 Å². The fraction of sp³-hybridized carbons (Fsp3) is 0.733. The van der Waals surface area contributed by atoms with E-state index in [9.17, 15) is 4.79 Å². The Bertz CT molecular complexity index is 413. The van der Waals surface area contributed by atoms with Crippen LogP contribution in [-0.2, 0) is 4.79 Å². The Morgan fingerprint density at radius 3 is 2.80 bits per heavy atom. The van der Waals surface area contributed by atoms with Crippen molar-refractivity contribution in [2.75, 3.05) is 13.6 Å². The monoisotopic (exact) mass is 295 g/mol. The van der Waals surface area contributed by atoms with Crippen molar-refractivity contribution in [3.8, 4) is 0 Å². The molecule has 1 saturated carbocycles. The molecule has 1 aromatic heterocycles. The Labute approximate surface area is 125 Å². The first kappa shape index (κ1) is 15.4. The van der Waals surface area contributed by atoms with Crippen molar-refractivity contribution in [1.29, 1.82) is 0 Å². The molecule has 0 spiro atoms. The van der Waals surface area contributed by atoms with Gasteiger partial charge in [-0.15, -0.1) is 11.3 Å². The average Bonchev–Trinajstić information content (AvgIpc) is 3.00. The SMILES string of the molecule is CNC1(CC(=O)NCC(C)c2nccs2)CCCCC1. The number of carbonyl (C=O) groups excluding carboxylic acids is 1. The number of thiazole rings is 1. The van der Waals surface area contributed by atoms with Crippen molar-refractivity contribution in [3.63, 3.8) is 0 Å². The summed E-state index contributed by atoms with van der Waals surface area (Å²) >= 11 is 1.65. The summed E-state index contributed by atoms with van der Waals surface area (Å²) in [5.74, 6) is 0.445. The van der Waals surface area contributed by atoms with E-state index in [-0.39, 0.29) is 17.4 Å². The van der Waals surface area contributed by atoms with Crippen molar-refractivity contribution in [3.05, 3.63) is 16.6 Å². The van der Waals surface area contributed by atoms with Gasteiger partial charge in [0.15, 0.2) is 0 Å². The number of rotatable bonds is 6. The predicted molar refractivity (Wildman–Crippen MR) is 83.0 cm³/mol. The summed E-state index contributed by atoms with van der Waals surface area (Å²) in [6.07, 6.45) is 8.38. The highest BCUT2D eigenvalue weighted by molar-refractivity contribution is 7.09. The third-order valence-electron chi connectivity index (χ3n) is 4.32. The number of hydrogen-bond acceptors (Lipinski definition) is 4. The fourth-order valence-corrected chi connectivity index (χ4v) is 3.64. The summed E-state index contributed by atoms with van der Waals surface area (Å²) in [5.41, 5.74) is 0.0206. The summed E-state index contributed by atoms with van der Waals surface area (Å²) in [5, 5.41) is 9.52. The van der Waals surface area contributed by atoms with Gasteiger partial charge in [-0.25, -0.2) is 4.98 Å². The molecule has 1 heterocycles. The molecule has 1 aliphatic rings. The average molecular weight is 295 g/mol. The summed E-state index contributed by atoms with van der Waals surface area (Å²) in [7, 11) is 1.98. The molecular formula is C15H25N3OS. The van der Waals surface area contributed by atoms with E-state index in [0.717, 1.165) is 17.8 Å². The molecule has 20 heavy (non-hydrogen) atoms. The van der Waals surface area contributed by atoms with Crippen LogP contribution in [0.5, 0.6) is 0 Å². The number of nitrogens with zero attached hydrogens (tertiary/aromatic N) is 1. The molecule has 0 aliphatic heterocycles. The second-order valence-electron chi connectivity index (χ2n) is 5.84. The smallest absolute Gasteiger partial charge is 0.221 e. The van der Waals surface area contributed by atoms with Gasteiger partial charge in [0.05, 0.1) is 5.01 Å². The Morgan fingerprint density at radius 2 is 2.20 bits per heavy atom. The molecule has 0 saturated heterocycles. The summed E-state index contributed by atoms with van der Waals surface area (Å²) in [6.45, 7) is 2.78. The van der Waals surface area contributed by atoms with Gasteiger partial charge in [-0.3, -0.25) is 4.79 Å². The Kier molecular flexibility index (Phi) is 5.54. The van der Waals surface area contributed by atoms with Crippen molar-refractivity contribution in [1.82, 2.24) is 15.6 Å². The van der Waals surface area contributed by atoms with Crippen LogP contribution >= 0.6 is 11.3 Å². The molecule has 0 aromatic carbocycles. The molecule has 1 atom stereocenters. The van der Waals surface area contributed by atoms with E-state index in [1.54, 1.807) is 11.3 Å². The van der Waals surface area contributed by atoms with Crippen LogP contribution in [0.15, 0.2) is 11.6 Å². The topological polar surface area (TPSA) is 54.0 Å². The number of aromatic nitrogens is 1. The number of amides is 1. The highest BCUT2D eigenvalue weighted by atomic mass is 32.1. The van der Waals surface area contributed by atoms with Crippen LogP contribution < -0.4 is 10.6 Å². The standard InChI is InChI=1S/C15H25N3OS/c1-12(14-17-8-9-20-14)11-18-13(19)10-15(16-2)6-4-3-5-7-15/h8-9,12,16H,3-7,10-11H2,1-2H3,(H,18,19). The van der Waals surface area contributed by atoms with Gasteiger partial charge in [0.2, 0.25) is 5.91 Å². The number of carbonyl (C=O) groups is 1. The molecule has 5 heteroatoms. The Morgan fingerprint density at radius 1 is 1.45 bits per heavy atom. The highest BCUT2D eigenvalue weighted by Gasteiger charge is 2.32. The molecule has 1 aromatic rings. The molecule has 1 fully saturated rings. The van der Waals surface area contributed by atoms with Gasteiger partial charge in [-0.2, -0.15) is 0 Å². The van der Waals surface area contributed by atoms with E-state index in [1.165, 1.54) is 19.3 Å². The van der Waals surface area contributed by atoms with Gasteiger partial charge in [0.25, 0.3) is 0 Å². The summed E-state index contributed by atoms with van der Waals surface area (Å²) in [4.78, 5) is 16.5. The maximum Gasteiger partial charge on any atom is 0.221 e. The molecule has 1 unspecified atom stereocenters. The van der Waals surface area contributed by atoms with Crippen LogP contribution in [0.1, 0.15) is 56.4 Å². The van der Waals surface area contributed by atoms with E-state index in [4.69, 9.17) is 0 Å². The number of hydrogen-bond donors (Lipinski definition) is 2. The lowest BCUT2D eigenvalue weighted by Gasteiger charge is -2.36. The Hall–Kier alpha value is -0.940. The third kappa shape index (κ3) is 4.03. The lowest BCUT2D eigenvalue weighted by Crippen LogP contribution is -2.48. The van der Waals surface area contributed by atoms with Gasteiger partial charge in [-0.05, 0) is 19.9 Å². The zero-order valence-electron chi connectivity index (χ0n) is 12.4. The summed E-state index contributed by atoms with van der Waals surface area (Å²) < 4.78 is 0. The fourth-order valence-electron chi connectivity index (χ4n) is 2.95. The van der Waals surface area contributed by atoms with Crippen LogP contribution in [0, 0.1) is 0 Å². The van der Waals surface area contributed by atoms with Crippen LogP contribution in [-0.4, -0.2) is 30.0 Å². The van der Waals surface area contributed by atoms with E-state index >= 15 is 0 Å². The molecule has 4 nitrogen and oxygen atoms in total. The first-order chi connectivity index (χ1) is 9.65. The van der Waals surface area contributed by atoms with Crippen molar-refractivity contribution < 1.29 is 4.79 Å². The van der Waals surface area contributed by atoms with E-state index in [0.29, 0.717) is 13.0 Å².